The van der Waals surface area contributed by atoms with Gasteiger partial charge in [-0.15, -0.1) is 0 Å². The van der Waals surface area contributed by atoms with E-state index in [1.807, 2.05) is 0 Å². The molecule has 108 valence electrons. The third-order valence-electron chi connectivity index (χ3n) is 3.20. The van der Waals surface area contributed by atoms with Gasteiger partial charge in [0.15, 0.2) is 0 Å². The Morgan fingerprint density at radius 3 is 1.90 bits per heavy atom. The van der Waals surface area contributed by atoms with E-state index in [9.17, 15) is 0 Å². The van der Waals surface area contributed by atoms with E-state index in [1.54, 1.807) is 0 Å². The number of hydrogen-bond acceptors (Lipinski definition) is 0. The zero-order valence-electron chi connectivity index (χ0n) is 13.6. The van der Waals surface area contributed by atoms with Crippen LogP contribution in [-0.2, 0) is 6.42 Å². The van der Waals surface area contributed by atoms with Crippen LogP contribution in [0, 0.1) is 12.8 Å². The Morgan fingerprint density at radius 1 is 0.800 bits per heavy atom. The molecule has 0 aliphatic heterocycles. The van der Waals surface area contributed by atoms with E-state index >= 15 is 0 Å². The first kappa shape index (κ1) is 16.5. The second kappa shape index (κ2) is 8.58. The molecule has 0 amide bonds. The van der Waals surface area contributed by atoms with Crippen LogP contribution in [0.1, 0.15) is 50.3 Å². The maximum absolute atomic E-state index is 2.24. The monoisotopic (exact) mass is 268 g/mol. The molecule has 0 aromatic heterocycles. The molecule has 0 aliphatic rings. The summed E-state index contributed by atoms with van der Waals surface area (Å²) in [6.45, 7) is 11.1. The van der Waals surface area contributed by atoms with Crippen molar-refractivity contribution in [3.63, 3.8) is 0 Å². The zero-order chi connectivity index (χ0) is 15.0. The van der Waals surface area contributed by atoms with Gasteiger partial charge in [0, 0.05) is 0 Å². The van der Waals surface area contributed by atoms with Gasteiger partial charge >= 0.3 is 0 Å². The molecule has 2 aromatic rings. The zero-order valence-corrected chi connectivity index (χ0v) is 13.6. The van der Waals surface area contributed by atoms with Crippen molar-refractivity contribution in [2.75, 3.05) is 0 Å². The summed E-state index contributed by atoms with van der Waals surface area (Å²) in [5, 5.41) is 0. The van der Waals surface area contributed by atoms with Crippen molar-refractivity contribution in [1.29, 1.82) is 0 Å². The van der Waals surface area contributed by atoms with E-state index in [1.165, 1.54) is 23.1 Å². The standard InChI is InChI=1S/2C10H14/c1-8(2)10-6-4-5-9(3)7-10;1-9(2)8-10-6-4-3-5-7-10/h4-8H,1-3H3;3-7,9H,8H2,1-2H3. The van der Waals surface area contributed by atoms with Crippen molar-refractivity contribution >= 4 is 0 Å². The Morgan fingerprint density at radius 2 is 1.45 bits per heavy atom. The molecule has 0 fully saturated rings. The lowest BCUT2D eigenvalue weighted by molar-refractivity contribution is 0.647. The molecule has 0 radical (unpaired) electrons. The minimum absolute atomic E-state index is 0.653. The largest absolute Gasteiger partial charge is 0.0625 e. The molecule has 0 saturated carbocycles. The van der Waals surface area contributed by atoms with Crippen LogP contribution in [0.15, 0.2) is 54.6 Å². The van der Waals surface area contributed by atoms with Gasteiger partial charge in [-0.3, -0.25) is 0 Å². The van der Waals surface area contributed by atoms with Crippen molar-refractivity contribution in [3.05, 3.63) is 71.3 Å². The Balaban J connectivity index is 0.000000200. The molecule has 0 bridgehead atoms. The van der Waals surface area contributed by atoms with Gasteiger partial charge in [0.05, 0.1) is 0 Å². The smallest absolute Gasteiger partial charge is 0.0219 e. The van der Waals surface area contributed by atoms with Gasteiger partial charge in [-0.25, -0.2) is 0 Å². The molecule has 0 N–H and O–H groups in total. The van der Waals surface area contributed by atoms with Gasteiger partial charge in [0.1, 0.15) is 0 Å². The SMILES string of the molecule is CC(C)Cc1ccccc1.Cc1cccc(C(C)C)c1. The van der Waals surface area contributed by atoms with Crippen LogP contribution in [0.5, 0.6) is 0 Å². The van der Waals surface area contributed by atoms with Crippen molar-refractivity contribution in [3.8, 4) is 0 Å². The second-order valence-corrected chi connectivity index (χ2v) is 6.15. The molecule has 0 heterocycles. The Kier molecular flexibility index (Phi) is 7.08. The summed E-state index contributed by atoms with van der Waals surface area (Å²) in [7, 11) is 0. The highest BCUT2D eigenvalue weighted by molar-refractivity contribution is 5.24. The van der Waals surface area contributed by atoms with Crippen LogP contribution < -0.4 is 0 Å². The first-order valence-corrected chi connectivity index (χ1v) is 7.59. The van der Waals surface area contributed by atoms with Gasteiger partial charge in [0.2, 0.25) is 0 Å². The molecular formula is C20H28. The van der Waals surface area contributed by atoms with E-state index < -0.39 is 0 Å². The van der Waals surface area contributed by atoms with Crippen molar-refractivity contribution < 1.29 is 0 Å². The average molecular weight is 268 g/mol. The van der Waals surface area contributed by atoms with Crippen molar-refractivity contribution in [1.82, 2.24) is 0 Å². The van der Waals surface area contributed by atoms with Crippen molar-refractivity contribution in [2.24, 2.45) is 5.92 Å². The topological polar surface area (TPSA) is 0 Å². The van der Waals surface area contributed by atoms with Gasteiger partial charge in [-0.1, -0.05) is 87.9 Å². The third-order valence-corrected chi connectivity index (χ3v) is 3.20. The number of hydrogen-bond donors (Lipinski definition) is 0. The first-order chi connectivity index (χ1) is 9.49. The Bertz CT molecular complexity index is 480. The fourth-order valence-electron chi connectivity index (χ4n) is 2.11. The average Bonchev–Trinajstić information content (AvgIpc) is 2.40. The number of rotatable bonds is 3. The molecule has 0 spiro atoms. The van der Waals surface area contributed by atoms with E-state index in [4.69, 9.17) is 0 Å². The lowest BCUT2D eigenvalue weighted by atomic mass is 10.0. The van der Waals surface area contributed by atoms with Crippen LogP contribution in [0.25, 0.3) is 0 Å². The van der Waals surface area contributed by atoms with Crippen LogP contribution in [-0.4, -0.2) is 0 Å². The van der Waals surface area contributed by atoms with E-state index in [-0.39, 0.29) is 0 Å². The maximum atomic E-state index is 2.24. The normalized spacial score (nSPS) is 10.3. The fraction of sp³-hybridized carbons (Fsp3) is 0.400. The minimum atomic E-state index is 0.653. The van der Waals surface area contributed by atoms with Crippen LogP contribution in [0.2, 0.25) is 0 Å². The molecule has 0 unspecified atom stereocenters. The van der Waals surface area contributed by atoms with Gasteiger partial charge in [-0.2, -0.15) is 0 Å². The van der Waals surface area contributed by atoms with Gasteiger partial charge in [-0.05, 0) is 36.3 Å². The molecule has 2 rings (SSSR count). The van der Waals surface area contributed by atoms with Crippen LogP contribution in [0.4, 0.5) is 0 Å². The third kappa shape index (κ3) is 6.56. The summed E-state index contributed by atoms with van der Waals surface area (Å²) in [6.07, 6.45) is 1.20. The predicted octanol–water partition coefficient (Wildman–Crippen LogP) is 6.00. The van der Waals surface area contributed by atoms with E-state index in [0.717, 1.165) is 5.92 Å². The number of aryl methyl sites for hydroxylation is 1. The molecule has 0 aliphatic carbocycles. The highest BCUT2D eigenvalue weighted by atomic mass is 14.0. The summed E-state index contributed by atoms with van der Waals surface area (Å²) in [4.78, 5) is 0. The predicted molar refractivity (Wildman–Crippen MR) is 90.3 cm³/mol. The molecule has 2 aromatic carbocycles. The highest BCUT2D eigenvalue weighted by Gasteiger charge is 1.96. The first-order valence-electron chi connectivity index (χ1n) is 7.59. The Hall–Kier alpha value is -1.56. The highest BCUT2D eigenvalue weighted by Crippen LogP contribution is 2.14. The molecule has 20 heavy (non-hydrogen) atoms. The van der Waals surface area contributed by atoms with Crippen LogP contribution >= 0.6 is 0 Å². The van der Waals surface area contributed by atoms with Crippen LogP contribution in [0.3, 0.4) is 0 Å². The quantitative estimate of drug-likeness (QED) is 0.640. The lowest BCUT2D eigenvalue weighted by Crippen LogP contribution is -1.92. The maximum Gasteiger partial charge on any atom is -0.0219 e. The molecule has 0 nitrogen and oxygen atoms in total. The molecular weight excluding hydrogens is 240 g/mol. The summed E-state index contributed by atoms with van der Waals surface area (Å²) in [5.41, 5.74) is 4.23. The van der Waals surface area contributed by atoms with E-state index in [0.29, 0.717) is 5.92 Å². The molecule has 0 atom stereocenters. The summed E-state index contributed by atoms with van der Waals surface area (Å²) >= 11 is 0. The van der Waals surface area contributed by atoms with Gasteiger partial charge < -0.3 is 0 Å². The van der Waals surface area contributed by atoms with Gasteiger partial charge in [0.25, 0.3) is 0 Å². The molecule has 0 heteroatoms. The second-order valence-electron chi connectivity index (χ2n) is 6.15. The minimum Gasteiger partial charge on any atom is -0.0625 e. The molecule has 0 saturated heterocycles. The Labute approximate surface area is 124 Å². The summed E-state index contributed by atoms with van der Waals surface area (Å²) in [6, 6.07) is 19.3. The summed E-state index contributed by atoms with van der Waals surface area (Å²) < 4.78 is 0. The fourth-order valence-corrected chi connectivity index (χ4v) is 2.11. The number of benzene rings is 2. The lowest BCUT2D eigenvalue weighted by Gasteiger charge is -2.04. The summed E-state index contributed by atoms with van der Waals surface area (Å²) in [5.74, 6) is 1.42. The van der Waals surface area contributed by atoms with Crippen molar-refractivity contribution in [2.45, 2.75) is 47.0 Å². The van der Waals surface area contributed by atoms with E-state index in [2.05, 4.69) is 89.2 Å².